The molecule has 0 spiro atoms. The molecule has 0 heterocycles. The lowest BCUT2D eigenvalue weighted by molar-refractivity contribution is -0.131. The van der Waals surface area contributed by atoms with Gasteiger partial charge < -0.3 is 14.2 Å². The van der Waals surface area contributed by atoms with Crippen LogP contribution < -0.4 is 20.3 Å². The van der Waals surface area contributed by atoms with Gasteiger partial charge in [-0.1, -0.05) is 15.9 Å². The van der Waals surface area contributed by atoms with Crippen molar-refractivity contribution in [2.24, 2.45) is 0 Å². The molecule has 154 valence electrons. The lowest BCUT2D eigenvalue weighted by atomic mass is 10.2. The molecule has 29 heavy (non-hydrogen) atoms. The van der Waals surface area contributed by atoms with Gasteiger partial charge >= 0.3 is 5.97 Å². The van der Waals surface area contributed by atoms with Crippen LogP contribution in [-0.2, 0) is 14.3 Å². The summed E-state index contributed by atoms with van der Waals surface area (Å²) in [6.45, 7) is 1.40. The first kappa shape index (κ1) is 22.7. The van der Waals surface area contributed by atoms with Crippen LogP contribution in [0.1, 0.15) is 17.3 Å². The summed E-state index contributed by atoms with van der Waals surface area (Å²) in [5, 5.41) is 0. The highest BCUT2D eigenvalue weighted by Gasteiger charge is 2.09. The number of halogens is 2. The van der Waals surface area contributed by atoms with E-state index >= 15 is 0 Å². The summed E-state index contributed by atoms with van der Waals surface area (Å²) < 4.78 is 17.1. The van der Waals surface area contributed by atoms with Crippen LogP contribution in [0.4, 0.5) is 0 Å². The van der Waals surface area contributed by atoms with Crippen molar-refractivity contribution in [3.63, 3.8) is 0 Å². The van der Waals surface area contributed by atoms with Gasteiger partial charge in [-0.25, -0.2) is 4.79 Å². The summed E-state index contributed by atoms with van der Waals surface area (Å²) in [6.07, 6.45) is 0. The van der Waals surface area contributed by atoms with Crippen LogP contribution >= 0.6 is 31.9 Å². The fourth-order valence-corrected chi connectivity index (χ4v) is 3.16. The van der Waals surface area contributed by atoms with Crippen molar-refractivity contribution < 1.29 is 28.6 Å². The molecule has 0 bridgehead atoms. The number of carbonyl (C=O) groups is 3. The Hall–Kier alpha value is -2.59. The number of benzene rings is 2. The molecule has 0 fully saturated rings. The zero-order chi connectivity index (χ0) is 21.2. The number of rotatable bonds is 8. The normalized spacial score (nSPS) is 10.0. The molecule has 10 heteroatoms. The summed E-state index contributed by atoms with van der Waals surface area (Å²) in [6, 6.07) is 11.4. The highest BCUT2D eigenvalue weighted by molar-refractivity contribution is 9.11. The van der Waals surface area contributed by atoms with E-state index in [9.17, 15) is 14.4 Å². The number of esters is 1. The molecule has 2 amide bonds. The molecule has 0 unspecified atom stereocenters. The van der Waals surface area contributed by atoms with Crippen LogP contribution in [0.15, 0.2) is 51.4 Å². The number of carbonyl (C=O) groups excluding carboxylic acids is 3. The molecule has 2 aromatic rings. The lowest BCUT2D eigenvalue weighted by Gasteiger charge is -2.11. The summed E-state index contributed by atoms with van der Waals surface area (Å²) >= 11 is 6.64. The van der Waals surface area contributed by atoms with Gasteiger partial charge in [-0.2, -0.15) is 0 Å². The van der Waals surface area contributed by atoms with E-state index in [0.717, 1.165) is 4.47 Å². The number of hydrogen-bond donors (Lipinski definition) is 2. The first-order valence-electron chi connectivity index (χ1n) is 8.44. The molecule has 0 aromatic heterocycles. The first-order valence-corrected chi connectivity index (χ1v) is 10.0. The monoisotopic (exact) mass is 528 g/mol. The summed E-state index contributed by atoms with van der Waals surface area (Å²) in [7, 11) is 0. The molecule has 0 atom stereocenters. The fourth-order valence-electron chi connectivity index (χ4n) is 2.00. The molecule has 2 aromatic carbocycles. The number of hydrogen-bond acceptors (Lipinski definition) is 6. The Balaban J connectivity index is 1.69. The molecule has 0 saturated carbocycles. The van der Waals surface area contributed by atoms with Gasteiger partial charge in [-0.15, -0.1) is 0 Å². The molecule has 2 N–H and O–H groups in total. The van der Waals surface area contributed by atoms with Crippen LogP contribution in [-0.4, -0.2) is 37.6 Å². The third kappa shape index (κ3) is 7.74. The molecular formula is C19H18Br2N2O6. The largest absolute Gasteiger partial charge is 0.484 e. The zero-order valence-electron chi connectivity index (χ0n) is 15.4. The Bertz CT molecular complexity index is 874. The van der Waals surface area contributed by atoms with Crippen molar-refractivity contribution in [1.82, 2.24) is 10.9 Å². The first-order chi connectivity index (χ1) is 13.9. The van der Waals surface area contributed by atoms with Crippen molar-refractivity contribution in [2.45, 2.75) is 6.92 Å². The molecular weight excluding hydrogens is 512 g/mol. The standard InChI is InChI=1S/C19H18Br2N2O6/c1-2-27-19(26)12-3-6-14(7-4-12)28-10-17(24)22-23-18(25)11-29-16-8-5-13(20)9-15(16)21/h3-9H,2,10-11H2,1H3,(H,22,24)(H,23,25). The molecule has 0 radical (unpaired) electrons. The van der Waals surface area contributed by atoms with Crippen molar-refractivity contribution in [3.8, 4) is 11.5 Å². The molecule has 2 rings (SSSR count). The third-order valence-corrected chi connectivity index (χ3v) is 4.44. The van der Waals surface area contributed by atoms with Crippen LogP contribution in [0.5, 0.6) is 11.5 Å². The van der Waals surface area contributed by atoms with Gasteiger partial charge in [0, 0.05) is 4.47 Å². The average Bonchev–Trinajstić information content (AvgIpc) is 2.70. The van der Waals surface area contributed by atoms with Crippen LogP contribution in [0.2, 0.25) is 0 Å². The van der Waals surface area contributed by atoms with Crippen molar-refractivity contribution in [2.75, 3.05) is 19.8 Å². The predicted octanol–water partition coefficient (Wildman–Crippen LogP) is 2.99. The average molecular weight is 530 g/mol. The smallest absolute Gasteiger partial charge is 0.338 e. The van der Waals surface area contributed by atoms with Gasteiger partial charge in [-0.3, -0.25) is 20.4 Å². The van der Waals surface area contributed by atoms with Crippen molar-refractivity contribution >= 4 is 49.6 Å². The summed E-state index contributed by atoms with van der Waals surface area (Å²) in [4.78, 5) is 35.1. The minimum absolute atomic E-state index is 0.281. The van der Waals surface area contributed by atoms with E-state index in [1.807, 2.05) is 0 Å². The van der Waals surface area contributed by atoms with Gasteiger partial charge in [0.25, 0.3) is 11.8 Å². The molecule has 8 nitrogen and oxygen atoms in total. The Labute approximate surface area is 184 Å². The molecule has 0 aliphatic carbocycles. The summed E-state index contributed by atoms with van der Waals surface area (Å²) in [5.74, 6) is -0.645. The molecule has 0 aliphatic heterocycles. The van der Waals surface area contributed by atoms with E-state index in [1.165, 1.54) is 12.1 Å². The van der Waals surface area contributed by atoms with E-state index < -0.39 is 17.8 Å². The number of nitrogens with one attached hydrogen (secondary N) is 2. The van der Waals surface area contributed by atoms with Gasteiger partial charge in [0.05, 0.1) is 16.6 Å². The van der Waals surface area contributed by atoms with Crippen LogP contribution in [0.25, 0.3) is 0 Å². The number of ether oxygens (including phenoxy) is 3. The van der Waals surface area contributed by atoms with Gasteiger partial charge in [0.2, 0.25) is 0 Å². The maximum Gasteiger partial charge on any atom is 0.338 e. The second-order valence-electron chi connectivity index (χ2n) is 5.49. The van der Waals surface area contributed by atoms with Crippen LogP contribution in [0, 0.1) is 0 Å². The van der Waals surface area contributed by atoms with E-state index in [0.29, 0.717) is 21.5 Å². The van der Waals surface area contributed by atoms with E-state index in [2.05, 4.69) is 42.7 Å². The second-order valence-corrected chi connectivity index (χ2v) is 7.26. The quantitative estimate of drug-likeness (QED) is 0.402. The maximum absolute atomic E-state index is 11.8. The zero-order valence-corrected chi connectivity index (χ0v) is 18.5. The summed E-state index contributed by atoms with van der Waals surface area (Å²) in [5.41, 5.74) is 4.83. The lowest BCUT2D eigenvalue weighted by Crippen LogP contribution is -2.45. The predicted molar refractivity (Wildman–Crippen MR) is 112 cm³/mol. The topological polar surface area (TPSA) is 103 Å². The highest BCUT2D eigenvalue weighted by Crippen LogP contribution is 2.28. The van der Waals surface area contributed by atoms with Crippen molar-refractivity contribution in [1.29, 1.82) is 0 Å². The second kappa shape index (κ2) is 11.4. The van der Waals surface area contributed by atoms with E-state index in [1.54, 1.807) is 37.3 Å². The minimum atomic E-state index is -0.558. The van der Waals surface area contributed by atoms with E-state index in [4.69, 9.17) is 14.2 Å². The Morgan fingerprint density at radius 1 is 0.897 bits per heavy atom. The molecule has 0 saturated heterocycles. The Kier molecular flexibility index (Phi) is 8.94. The fraction of sp³-hybridized carbons (Fsp3) is 0.211. The SMILES string of the molecule is CCOC(=O)c1ccc(OCC(=O)NNC(=O)COc2ccc(Br)cc2Br)cc1. The van der Waals surface area contributed by atoms with Gasteiger partial charge in [0.15, 0.2) is 13.2 Å². The number of hydrazine groups is 1. The molecule has 0 aliphatic rings. The number of amides is 2. The third-order valence-electron chi connectivity index (χ3n) is 3.33. The Morgan fingerprint density at radius 2 is 1.52 bits per heavy atom. The van der Waals surface area contributed by atoms with E-state index in [-0.39, 0.29) is 19.8 Å². The minimum Gasteiger partial charge on any atom is -0.484 e. The highest BCUT2D eigenvalue weighted by atomic mass is 79.9. The van der Waals surface area contributed by atoms with Crippen LogP contribution in [0.3, 0.4) is 0 Å². The maximum atomic E-state index is 11.8. The Morgan fingerprint density at radius 3 is 2.10 bits per heavy atom. The van der Waals surface area contributed by atoms with Crippen molar-refractivity contribution in [3.05, 3.63) is 57.0 Å². The van der Waals surface area contributed by atoms with Gasteiger partial charge in [0.1, 0.15) is 11.5 Å². The van der Waals surface area contributed by atoms with Gasteiger partial charge in [-0.05, 0) is 65.3 Å².